The Morgan fingerprint density at radius 3 is 2.05 bits per heavy atom. The number of rotatable bonds is 9. The van der Waals surface area contributed by atoms with Crippen molar-refractivity contribution in [1.82, 2.24) is 4.90 Å². The third kappa shape index (κ3) is 7.61. The molecule has 0 bridgehead atoms. The number of ether oxygens (including phenoxy) is 2. The van der Waals surface area contributed by atoms with Gasteiger partial charge >= 0.3 is 12.1 Å². The predicted octanol–water partition coefficient (Wildman–Crippen LogP) is 5.80. The maximum Gasteiger partial charge on any atom is 0.410 e. The van der Waals surface area contributed by atoms with Crippen molar-refractivity contribution in [2.75, 3.05) is 6.54 Å². The minimum absolute atomic E-state index is 0.0924. The highest BCUT2D eigenvalue weighted by atomic mass is 28.3. The normalized spacial score (nSPS) is 16.2. The third-order valence-corrected chi connectivity index (χ3v) is 12.1. The van der Waals surface area contributed by atoms with Crippen LogP contribution in [0.3, 0.4) is 0 Å². The van der Waals surface area contributed by atoms with Crippen molar-refractivity contribution in [3.8, 4) is 0 Å². The van der Waals surface area contributed by atoms with E-state index in [2.05, 4.69) is 30.8 Å². The second-order valence-electron chi connectivity index (χ2n) is 11.8. The van der Waals surface area contributed by atoms with E-state index >= 15 is 0 Å². The Morgan fingerprint density at radius 2 is 1.54 bits per heavy atom. The van der Waals surface area contributed by atoms with E-state index in [1.54, 1.807) is 4.90 Å². The van der Waals surface area contributed by atoms with E-state index < -0.39 is 30.7 Å². The number of amides is 1. The SMILES string of the molecule is CC(C)(C)OC(=O)N1CCC[C@H]1C[C@H](C[Si](C)(c1ccccc1)c1ccccc1)OC(=O)c1ccc([N+](=O)[O-])cc1. The molecule has 0 aliphatic carbocycles. The van der Waals surface area contributed by atoms with Crippen LogP contribution in [0.4, 0.5) is 10.5 Å². The van der Waals surface area contributed by atoms with Crippen molar-refractivity contribution in [3.63, 3.8) is 0 Å². The van der Waals surface area contributed by atoms with E-state index in [1.165, 1.54) is 34.6 Å². The molecule has 2 atom stereocenters. The lowest BCUT2D eigenvalue weighted by atomic mass is 10.1. The van der Waals surface area contributed by atoms with Gasteiger partial charge in [0.05, 0.1) is 10.5 Å². The Balaban J connectivity index is 1.66. The van der Waals surface area contributed by atoms with Crippen LogP contribution in [0.1, 0.15) is 50.4 Å². The molecule has 0 radical (unpaired) electrons. The van der Waals surface area contributed by atoms with E-state index in [1.807, 2.05) is 57.2 Å². The van der Waals surface area contributed by atoms with Crippen LogP contribution in [0, 0.1) is 10.1 Å². The molecule has 1 heterocycles. The maximum absolute atomic E-state index is 13.4. The van der Waals surface area contributed by atoms with Gasteiger partial charge in [-0.15, -0.1) is 0 Å². The number of hydrogen-bond donors (Lipinski definition) is 0. The molecule has 1 aliphatic rings. The average molecular weight is 575 g/mol. The van der Waals surface area contributed by atoms with E-state index in [9.17, 15) is 19.7 Å². The van der Waals surface area contributed by atoms with Crippen molar-refractivity contribution in [1.29, 1.82) is 0 Å². The van der Waals surface area contributed by atoms with Gasteiger partial charge in [-0.25, -0.2) is 9.59 Å². The molecule has 0 saturated carbocycles. The molecule has 41 heavy (non-hydrogen) atoms. The first kappa shape index (κ1) is 30.0. The predicted molar refractivity (Wildman–Crippen MR) is 161 cm³/mol. The summed E-state index contributed by atoms with van der Waals surface area (Å²) in [5.41, 5.74) is -0.456. The first-order chi connectivity index (χ1) is 19.5. The Bertz CT molecular complexity index is 1300. The Hall–Kier alpha value is -3.98. The molecule has 0 unspecified atom stereocenters. The number of nitro groups is 1. The van der Waals surface area contributed by atoms with Crippen LogP contribution in [-0.2, 0) is 9.47 Å². The molecule has 0 aromatic heterocycles. The van der Waals surface area contributed by atoms with E-state index in [-0.39, 0.29) is 23.4 Å². The lowest BCUT2D eigenvalue weighted by Crippen LogP contribution is -2.58. The second kappa shape index (κ2) is 12.7. The van der Waals surface area contributed by atoms with Gasteiger partial charge in [-0.2, -0.15) is 0 Å². The zero-order valence-electron chi connectivity index (χ0n) is 24.1. The summed E-state index contributed by atoms with van der Waals surface area (Å²) in [5, 5.41) is 13.5. The van der Waals surface area contributed by atoms with Crippen molar-refractivity contribution in [2.24, 2.45) is 0 Å². The molecule has 216 valence electrons. The number of benzene rings is 3. The van der Waals surface area contributed by atoms with Crippen LogP contribution < -0.4 is 10.4 Å². The Morgan fingerprint density at radius 1 is 0.976 bits per heavy atom. The molecule has 1 fully saturated rings. The molecule has 0 N–H and O–H groups in total. The summed E-state index contributed by atoms with van der Waals surface area (Å²) in [5.74, 6) is -0.538. The number of carbonyl (C=O) groups is 2. The van der Waals surface area contributed by atoms with E-state index in [0.717, 1.165) is 12.8 Å². The summed E-state index contributed by atoms with van der Waals surface area (Å²) in [7, 11) is -2.42. The maximum atomic E-state index is 13.4. The number of nitro benzene ring substituents is 1. The van der Waals surface area contributed by atoms with Crippen molar-refractivity contribution < 1.29 is 24.0 Å². The number of hydrogen-bond acceptors (Lipinski definition) is 6. The number of nitrogens with zero attached hydrogens (tertiary/aromatic N) is 2. The largest absolute Gasteiger partial charge is 0.459 e. The van der Waals surface area contributed by atoms with Crippen molar-refractivity contribution >= 4 is 36.2 Å². The summed E-state index contributed by atoms with van der Waals surface area (Å²) in [6.45, 7) is 8.42. The molecule has 0 spiro atoms. The van der Waals surface area contributed by atoms with Crippen LogP contribution in [-0.4, -0.2) is 54.3 Å². The van der Waals surface area contributed by atoms with Gasteiger partial charge in [-0.1, -0.05) is 77.6 Å². The van der Waals surface area contributed by atoms with Crippen LogP contribution >= 0.6 is 0 Å². The molecule has 8 nitrogen and oxygen atoms in total. The molecule has 3 aromatic rings. The molecular weight excluding hydrogens is 536 g/mol. The van der Waals surface area contributed by atoms with Gasteiger partial charge in [0.25, 0.3) is 5.69 Å². The Kier molecular flexibility index (Phi) is 9.27. The molecular formula is C32H38N2O6Si. The standard InChI is InChI=1S/C32H38N2O6Si/c1-32(2,3)40-31(36)33-21-11-12-26(33)22-27(39-30(35)24-17-19-25(20-18-24)34(37)38)23-41(4,28-13-7-5-8-14-28)29-15-9-6-10-16-29/h5-10,13-20,26-27H,11-12,21-23H2,1-4H3/t26-,27+/m0/s1. The summed E-state index contributed by atoms with van der Waals surface area (Å²) >= 11 is 0. The smallest absolute Gasteiger partial charge is 0.410 e. The second-order valence-corrected chi connectivity index (χ2v) is 16.0. The van der Waals surface area contributed by atoms with Gasteiger partial charge in [0.1, 0.15) is 19.8 Å². The lowest BCUT2D eigenvalue weighted by molar-refractivity contribution is -0.384. The Labute approximate surface area is 242 Å². The summed E-state index contributed by atoms with van der Waals surface area (Å²) in [4.78, 5) is 38.8. The van der Waals surface area contributed by atoms with Gasteiger partial charge in [0, 0.05) is 31.1 Å². The van der Waals surface area contributed by atoms with E-state index in [4.69, 9.17) is 9.47 Å². The zero-order chi connectivity index (χ0) is 29.6. The number of likely N-dealkylation sites (tertiary alicyclic amines) is 1. The lowest BCUT2D eigenvalue weighted by Gasteiger charge is -2.35. The highest BCUT2D eigenvalue weighted by Gasteiger charge is 2.40. The highest BCUT2D eigenvalue weighted by molar-refractivity contribution is 7.01. The van der Waals surface area contributed by atoms with Gasteiger partial charge in [-0.05, 0) is 51.8 Å². The monoisotopic (exact) mass is 574 g/mol. The van der Waals surface area contributed by atoms with Crippen molar-refractivity contribution in [3.05, 3.63) is 101 Å². The average Bonchev–Trinajstić information content (AvgIpc) is 3.41. The number of carbonyl (C=O) groups excluding carboxylic acids is 2. The fraction of sp³-hybridized carbons (Fsp3) is 0.375. The molecule has 1 saturated heterocycles. The zero-order valence-corrected chi connectivity index (χ0v) is 25.1. The van der Waals surface area contributed by atoms with Crippen LogP contribution in [0.15, 0.2) is 84.9 Å². The third-order valence-electron chi connectivity index (χ3n) is 7.59. The van der Waals surface area contributed by atoms with Gasteiger partial charge in [-0.3, -0.25) is 10.1 Å². The molecule has 4 rings (SSSR count). The first-order valence-electron chi connectivity index (χ1n) is 14.0. The van der Waals surface area contributed by atoms with Gasteiger partial charge in [0.2, 0.25) is 0 Å². The molecule has 3 aromatic carbocycles. The van der Waals surface area contributed by atoms with Gasteiger partial charge < -0.3 is 14.4 Å². The fourth-order valence-corrected chi connectivity index (χ4v) is 9.35. The highest BCUT2D eigenvalue weighted by Crippen LogP contribution is 2.29. The summed E-state index contributed by atoms with van der Waals surface area (Å²) in [6.07, 6.45) is 1.26. The molecule has 9 heteroatoms. The minimum Gasteiger partial charge on any atom is -0.459 e. The molecule has 1 aliphatic heterocycles. The fourth-order valence-electron chi connectivity index (χ4n) is 5.53. The van der Waals surface area contributed by atoms with Crippen LogP contribution in [0.5, 0.6) is 0 Å². The van der Waals surface area contributed by atoms with Crippen LogP contribution in [0.2, 0.25) is 12.6 Å². The van der Waals surface area contributed by atoms with Crippen LogP contribution in [0.25, 0.3) is 0 Å². The van der Waals surface area contributed by atoms with Gasteiger partial charge in [0.15, 0.2) is 0 Å². The summed E-state index contributed by atoms with van der Waals surface area (Å²) < 4.78 is 11.9. The quantitative estimate of drug-likeness (QED) is 0.139. The topological polar surface area (TPSA) is 99.0 Å². The molecule has 1 amide bonds. The summed E-state index contributed by atoms with van der Waals surface area (Å²) in [6, 6.07) is 26.6. The van der Waals surface area contributed by atoms with Crippen molar-refractivity contribution in [2.45, 2.75) is 70.4 Å². The number of esters is 1. The first-order valence-corrected chi connectivity index (χ1v) is 16.7. The van der Waals surface area contributed by atoms with E-state index in [0.29, 0.717) is 19.0 Å². The number of non-ortho nitro benzene ring substituents is 1. The minimum atomic E-state index is -2.42.